The van der Waals surface area contributed by atoms with E-state index in [0.29, 0.717) is 5.02 Å². The molecule has 15 heavy (non-hydrogen) atoms. The van der Waals surface area contributed by atoms with Gasteiger partial charge in [-0.05, 0) is 24.3 Å². The third-order valence-electron chi connectivity index (χ3n) is 2.03. The first-order valence-electron chi connectivity index (χ1n) is 4.66. The molecule has 0 N–H and O–H groups in total. The highest BCUT2D eigenvalue weighted by atomic mass is 35.5. The van der Waals surface area contributed by atoms with Gasteiger partial charge in [-0.15, -0.1) is 0 Å². The third-order valence-corrected chi connectivity index (χ3v) is 2.26. The van der Waals surface area contributed by atoms with Crippen LogP contribution in [-0.2, 0) is 7.05 Å². The molecule has 0 bridgehead atoms. The zero-order valence-corrected chi connectivity index (χ0v) is 9.15. The Bertz CT molecular complexity index is 486. The lowest BCUT2D eigenvalue weighted by molar-refractivity contribution is 0.927. The number of aromatic nitrogens is 1. The Hall–Kier alpha value is -1.54. The summed E-state index contributed by atoms with van der Waals surface area (Å²) in [4.78, 5) is 4.33. The van der Waals surface area contributed by atoms with Gasteiger partial charge in [-0.2, -0.15) is 0 Å². The van der Waals surface area contributed by atoms with Crippen molar-refractivity contribution < 1.29 is 0 Å². The molecule has 0 radical (unpaired) electrons. The molecule has 3 heteroatoms. The van der Waals surface area contributed by atoms with E-state index in [1.165, 1.54) is 0 Å². The van der Waals surface area contributed by atoms with E-state index in [4.69, 9.17) is 11.6 Å². The molecule has 0 aliphatic rings. The summed E-state index contributed by atoms with van der Waals surface area (Å²) >= 11 is 5.85. The number of aryl methyl sites for hydroxylation is 1. The number of benzene rings is 1. The summed E-state index contributed by atoms with van der Waals surface area (Å²) in [5.41, 5.74) is 1.95. The van der Waals surface area contributed by atoms with Crippen LogP contribution in [0.4, 0.5) is 5.69 Å². The molecule has 0 unspecified atom stereocenters. The van der Waals surface area contributed by atoms with Gasteiger partial charge in [0.1, 0.15) is 0 Å². The van der Waals surface area contributed by atoms with Crippen molar-refractivity contribution in [3.8, 4) is 0 Å². The highest BCUT2D eigenvalue weighted by Crippen LogP contribution is 2.17. The molecule has 0 fully saturated rings. The Morgan fingerprint density at radius 1 is 1.33 bits per heavy atom. The van der Waals surface area contributed by atoms with Crippen molar-refractivity contribution in [1.29, 1.82) is 0 Å². The Morgan fingerprint density at radius 2 is 2.20 bits per heavy atom. The second-order valence-corrected chi connectivity index (χ2v) is 3.78. The van der Waals surface area contributed by atoms with Gasteiger partial charge in [0.05, 0.1) is 5.69 Å². The molecule has 2 aromatic rings. The van der Waals surface area contributed by atoms with Crippen LogP contribution in [0, 0.1) is 0 Å². The fraction of sp³-hybridized carbons (Fsp3) is 0.0833. The van der Waals surface area contributed by atoms with Gasteiger partial charge >= 0.3 is 0 Å². The monoisotopic (exact) mass is 218 g/mol. The molecule has 0 atom stereocenters. The molecule has 1 heterocycles. The number of aliphatic imine (C=N–C) groups is 1. The van der Waals surface area contributed by atoms with E-state index >= 15 is 0 Å². The fourth-order valence-electron chi connectivity index (χ4n) is 1.31. The van der Waals surface area contributed by atoms with Crippen LogP contribution in [0.25, 0.3) is 0 Å². The summed E-state index contributed by atoms with van der Waals surface area (Å²) < 4.78 is 1.99. The molecule has 1 aromatic heterocycles. The molecule has 0 saturated heterocycles. The van der Waals surface area contributed by atoms with Crippen LogP contribution >= 0.6 is 11.6 Å². The van der Waals surface area contributed by atoms with Crippen molar-refractivity contribution >= 4 is 23.5 Å². The average molecular weight is 219 g/mol. The lowest BCUT2D eigenvalue weighted by atomic mass is 10.3. The van der Waals surface area contributed by atoms with Gasteiger partial charge in [-0.1, -0.05) is 17.7 Å². The minimum atomic E-state index is 0.706. The highest BCUT2D eigenvalue weighted by molar-refractivity contribution is 6.30. The summed E-state index contributed by atoms with van der Waals surface area (Å²) in [6.07, 6.45) is 5.82. The lowest BCUT2D eigenvalue weighted by Crippen LogP contribution is -1.79. The van der Waals surface area contributed by atoms with Crippen LogP contribution in [0.1, 0.15) is 5.56 Å². The standard InChI is InChI=1S/C12H11ClN2/c1-15-6-5-10(9-15)8-14-12-4-2-3-11(13)7-12/h2-9H,1H3. The molecule has 0 amide bonds. The van der Waals surface area contributed by atoms with E-state index in [1.807, 2.05) is 60.6 Å². The maximum Gasteiger partial charge on any atom is 0.0644 e. The lowest BCUT2D eigenvalue weighted by Gasteiger charge is -1.93. The van der Waals surface area contributed by atoms with Gasteiger partial charge in [-0.3, -0.25) is 4.99 Å². The topological polar surface area (TPSA) is 17.3 Å². The molecule has 0 aliphatic carbocycles. The average Bonchev–Trinajstić information content (AvgIpc) is 2.62. The predicted molar refractivity (Wildman–Crippen MR) is 64.1 cm³/mol. The second kappa shape index (κ2) is 4.32. The van der Waals surface area contributed by atoms with E-state index in [0.717, 1.165) is 11.3 Å². The minimum absolute atomic E-state index is 0.706. The summed E-state index contributed by atoms with van der Waals surface area (Å²) in [5, 5.41) is 0.706. The van der Waals surface area contributed by atoms with E-state index < -0.39 is 0 Å². The van der Waals surface area contributed by atoms with Gasteiger partial charge in [0, 0.05) is 36.2 Å². The molecule has 0 saturated carbocycles. The maximum atomic E-state index is 5.85. The van der Waals surface area contributed by atoms with Crippen molar-refractivity contribution in [2.24, 2.45) is 12.0 Å². The molecular weight excluding hydrogens is 208 g/mol. The zero-order valence-electron chi connectivity index (χ0n) is 8.39. The fourth-order valence-corrected chi connectivity index (χ4v) is 1.49. The SMILES string of the molecule is Cn1ccc(C=Nc2cccc(Cl)c2)c1. The number of hydrogen-bond acceptors (Lipinski definition) is 1. The van der Waals surface area contributed by atoms with Gasteiger partial charge in [0.2, 0.25) is 0 Å². The normalized spacial score (nSPS) is 11.1. The van der Waals surface area contributed by atoms with Crippen molar-refractivity contribution in [2.45, 2.75) is 0 Å². The summed E-state index contributed by atoms with van der Waals surface area (Å²) in [6.45, 7) is 0. The van der Waals surface area contributed by atoms with Crippen LogP contribution in [-0.4, -0.2) is 10.8 Å². The smallest absolute Gasteiger partial charge is 0.0644 e. The number of nitrogens with zero attached hydrogens (tertiary/aromatic N) is 2. The molecule has 2 rings (SSSR count). The Balaban J connectivity index is 2.18. The van der Waals surface area contributed by atoms with Gasteiger partial charge in [-0.25, -0.2) is 0 Å². The van der Waals surface area contributed by atoms with Crippen molar-refractivity contribution in [2.75, 3.05) is 0 Å². The van der Waals surface area contributed by atoms with Gasteiger partial charge in [0.15, 0.2) is 0 Å². The third kappa shape index (κ3) is 2.70. The molecule has 1 aromatic carbocycles. The van der Waals surface area contributed by atoms with Crippen LogP contribution in [0.15, 0.2) is 47.7 Å². The minimum Gasteiger partial charge on any atom is -0.357 e. The van der Waals surface area contributed by atoms with E-state index in [9.17, 15) is 0 Å². The maximum absolute atomic E-state index is 5.85. The van der Waals surface area contributed by atoms with Crippen molar-refractivity contribution in [1.82, 2.24) is 4.57 Å². The number of hydrogen-bond donors (Lipinski definition) is 0. The number of halogens is 1. The zero-order chi connectivity index (χ0) is 10.7. The highest BCUT2D eigenvalue weighted by Gasteiger charge is 1.91. The van der Waals surface area contributed by atoms with Crippen LogP contribution in [0.3, 0.4) is 0 Å². The molecule has 76 valence electrons. The Kier molecular flexibility index (Phi) is 2.88. The quantitative estimate of drug-likeness (QED) is 0.688. The summed E-state index contributed by atoms with van der Waals surface area (Å²) in [6, 6.07) is 9.49. The van der Waals surface area contributed by atoms with Crippen LogP contribution < -0.4 is 0 Å². The second-order valence-electron chi connectivity index (χ2n) is 3.35. The Labute approximate surface area is 93.8 Å². The van der Waals surface area contributed by atoms with E-state index in [1.54, 1.807) is 0 Å². The molecule has 0 spiro atoms. The summed E-state index contributed by atoms with van der Waals surface area (Å²) in [7, 11) is 1.98. The first-order chi connectivity index (χ1) is 7.24. The van der Waals surface area contributed by atoms with Gasteiger partial charge in [0.25, 0.3) is 0 Å². The Morgan fingerprint density at radius 3 is 2.87 bits per heavy atom. The predicted octanol–water partition coefficient (Wildman–Crippen LogP) is 3.43. The van der Waals surface area contributed by atoms with E-state index in [-0.39, 0.29) is 0 Å². The molecule has 0 aliphatic heterocycles. The van der Waals surface area contributed by atoms with Crippen LogP contribution in [0.5, 0.6) is 0 Å². The van der Waals surface area contributed by atoms with Crippen molar-refractivity contribution in [3.05, 3.63) is 53.3 Å². The largest absolute Gasteiger partial charge is 0.357 e. The summed E-state index contributed by atoms with van der Waals surface area (Å²) in [5.74, 6) is 0. The number of rotatable bonds is 2. The first-order valence-corrected chi connectivity index (χ1v) is 5.03. The molecular formula is C12H11ClN2. The first kappa shape index (κ1) is 9.99. The molecule has 2 nitrogen and oxygen atoms in total. The van der Waals surface area contributed by atoms with Crippen LogP contribution in [0.2, 0.25) is 5.02 Å². The van der Waals surface area contributed by atoms with E-state index in [2.05, 4.69) is 4.99 Å². The van der Waals surface area contributed by atoms with Crippen molar-refractivity contribution in [3.63, 3.8) is 0 Å². The van der Waals surface area contributed by atoms with Gasteiger partial charge < -0.3 is 4.57 Å².